The van der Waals surface area contributed by atoms with Crippen LogP contribution in [0.2, 0.25) is 5.02 Å². The maximum absolute atomic E-state index is 12.1. The van der Waals surface area contributed by atoms with Crippen molar-refractivity contribution in [3.05, 3.63) is 63.1 Å². The molecule has 0 spiro atoms. The number of aromatic nitrogens is 2. The molecule has 1 aromatic carbocycles. The topological polar surface area (TPSA) is 68.2 Å². The summed E-state index contributed by atoms with van der Waals surface area (Å²) in [6.07, 6.45) is 1.84. The standard InChI is InChI=1S/C19H19ClN4O2S2/c1-11-12(2)28-17(16(11)18(25)26-3)22-19(27)21-15-8-9-24(23-15)10-13-6-4-5-7-14(13)20/h4-9H,10H2,1-3H3,(H2,21,22,23,27). The molecule has 0 saturated carbocycles. The molecule has 146 valence electrons. The number of halogens is 1. The lowest BCUT2D eigenvalue weighted by atomic mass is 10.1. The quantitative estimate of drug-likeness (QED) is 0.441. The van der Waals surface area contributed by atoms with Crippen LogP contribution in [0, 0.1) is 13.8 Å². The summed E-state index contributed by atoms with van der Waals surface area (Å²) in [6.45, 7) is 4.39. The van der Waals surface area contributed by atoms with E-state index in [1.807, 2.05) is 50.4 Å². The van der Waals surface area contributed by atoms with Gasteiger partial charge in [0.2, 0.25) is 0 Å². The van der Waals surface area contributed by atoms with Crippen molar-refractivity contribution >= 4 is 57.1 Å². The number of thiophene rings is 1. The average Bonchev–Trinajstić information content (AvgIpc) is 3.20. The van der Waals surface area contributed by atoms with Gasteiger partial charge in [-0.1, -0.05) is 29.8 Å². The summed E-state index contributed by atoms with van der Waals surface area (Å²) < 4.78 is 6.65. The van der Waals surface area contributed by atoms with Gasteiger partial charge >= 0.3 is 5.97 Å². The molecule has 0 bridgehead atoms. The van der Waals surface area contributed by atoms with Gasteiger partial charge in [-0.05, 0) is 43.3 Å². The van der Waals surface area contributed by atoms with Gasteiger partial charge in [0, 0.05) is 22.2 Å². The minimum absolute atomic E-state index is 0.342. The first-order valence-electron chi connectivity index (χ1n) is 8.42. The van der Waals surface area contributed by atoms with E-state index in [0.29, 0.717) is 33.1 Å². The van der Waals surface area contributed by atoms with E-state index in [2.05, 4.69) is 15.7 Å². The second-order valence-electron chi connectivity index (χ2n) is 6.05. The highest BCUT2D eigenvalue weighted by Crippen LogP contribution is 2.33. The Hall–Kier alpha value is -2.42. The molecule has 0 atom stereocenters. The number of rotatable bonds is 5. The Labute approximate surface area is 177 Å². The molecule has 2 aromatic heterocycles. The summed E-state index contributed by atoms with van der Waals surface area (Å²) in [5, 5.41) is 12.2. The van der Waals surface area contributed by atoms with Crippen molar-refractivity contribution in [3.63, 3.8) is 0 Å². The third-order valence-electron chi connectivity index (χ3n) is 4.17. The summed E-state index contributed by atoms with van der Waals surface area (Å²) in [5.74, 6) is 0.199. The monoisotopic (exact) mass is 434 g/mol. The minimum atomic E-state index is -0.392. The molecular weight excluding hydrogens is 416 g/mol. The smallest absolute Gasteiger partial charge is 0.341 e. The molecule has 0 saturated heterocycles. The first-order valence-corrected chi connectivity index (χ1v) is 10.0. The lowest BCUT2D eigenvalue weighted by Gasteiger charge is -2.09. The maximum Gasteiger partial charge on any atom is 0.341 e. The number of anilines is 2. The van der Waals surface area contributed by atoms with Gasteiger partial charge in [-0.3, -0.25) is 4.68 Å². The highest BCUT2D eigenvalue weighted by atomic mass is 35.5. The maximum atomic E-state index is 12.1. The van der Waals surface area contributed by atoms with Crippen molar-refractivity contribution < 1.29 is 9.53 Å². The van der Waals surface area contributed by atoms with Gasteiger partial charge in [-0.15, -0.1) is 11.3 Å². The number of hydrogen-bond acceptors (Lipinski definition) is 5. The molecule has 0 fully saturated rings. The van der Waals surface area contributed by atoms with Crippen LogP contribution in [0.15, 0.2) is 36.5 Å². The molecule has 9 heteroatoms. The second kappa shape index (κ2) is 8.72. The number of carbonyl (C=O) groups excluding carboxylic acids is 1. The van der Waals surface area contributed by atoms with Gasteiger partial charge < -0.3 is 15.4 Å². The third-order valence-corrected chi connectivity index (χ3v) is 5.87. The zero-order valence-electron chi connectivity index (χ0n) is 15.6. The average molecular weight is 435 g/mol. The van der Waals surface area contributed by atoms with Gasteiger partial charge in [0.25, 0.3) is 0 Å². The number of hydrogen-bond donors (Lipinski definition) is 2. The van der Waals surface area contributed by atoms with Crippen molar-refractivity contribution in [1.82, 2.24) is 9.78 Å². The zero-order chi connectivity index (χ0) is 20.3. The number of nitrogens with zero attached hydrogens (tertiary/aromatic N) is 2. The fourth-order valence-corrected chi connectivity index (χ4v) is 4.15. The number of ether oxygens (including phenoxy) is 1. The highest BCUT2D eigenvalue weighted by molar-refractivity contribution is 7.80. The number of nitrogens with one attached hydrogen (secondary N) is 2. The zero-order valence-corrected chi connectivity index (χ0v) is 18.0. The minimum Gasteiger partial charge on any atom is -0.465 e. The Balaban J connectivity index is 1.68. The lowest BCUT2D eigenvalue weighted by Crippen LogP contribution is -2.20. The number of aryl methyl sites for hydroxylation is 1. The van der Waals surface area contributed by atoms with Crippen molar-refractivity contribution in [2.24, 2.45) is 0 Å². The van der Waals surface area contributed by atoms with Crippen LogP contribution in [0.1, 0.15) is 26.4 Å². The highest BCUT2D eigenvalue weighted by Gasteiger charge is 2.21. The SMILES string of the molecule is COC(=O)c1c(NC(=S)Nc2ccn(Cc3ccccc3Cl)n2)sc(C)c1C. The Morgan fingerprint density at radius 1 is 1.29 bits per heavy atom. The molecule has 0 amide bonds. The third kappa shape index (κ3) is 4.52. The van der Waals surface area contributed by atoms with Crippen LogP contribution in [0.3, 0.4) is 0 Å². The molecule has 3 aromatic rings. The fourth-order valence-electron chi connectivity index (χ4n) is 2.63. The van der Waals surface area contributed by atoms with Crippen LogP contribution in [0.4, 0.5) is 10.8 Å². The van der Waals surface area contributed by atoms with Crippen LogP contribution in [0.5, 0.6) is 0 Å². The van der Waals surface area contributed by atoms with E-state index in [4.69, 9.17) is 28.6 Å². The van der Waals surface area contributed by atoms with E-state index >= 15 is 0 Å². The predicted octanol–water partition coefficient (Wildman–Crippen LogP) is 4.86. The molecular formula is C19H19ClN4O2S2. The van der Waals surface area contributed by atoms with E-state index in [0.717, 1.165) is 16.0 Å². The predicted molar refractivity (Wildman–Crippen MR) is 118 cm³/mol. The number of thiocarbonyl (C=S) groups is 1. The molecule has 6 nitrogen and oxygen atoms in total. The summed E-state index contributed by atoms with van der Waals surface area (Å²) in [6, 6.07) is 9.45. The summed E-state index contributed by atoms with van der Waals surface area (Å²) in [7, 11) is 1.36. The Morgan fingerprint density at radius 3 is 2.75 bits per heavy atom. The second-order valence-corrected chi connectivity index (χ2v) is 8.09. The van der Waals surface area contributed by atoms with Gasteiger partial charge in [0.15, 0.2) is 10.9 Å². The molecule has 3 rings (SSSR count). The summed E-state index contributed by atoms with van der Waals surface area (Å²) >= 11 is 13.0. The van der Waals surface area contributed by atoms with Gasteiger partial charge in [-0.2, -0.15) is 5.10 Å². The normalized spacial score (nSPS) is 10.6. The van der Waals surface area contributed by atoms with E-state index in [1.165, 1.54) is 18.4 Å². The molecule has 0 radical (unpaired) electrons. The fraction of sp³-hybridized carbons (Fsp3) is 0.211. The largest absolute Gasteiger partial charge is 0.465 e. The van der Waals surface area contributed by atoms with Gasteiger partial charge in [-0.25, -0.2) is 4.79 Å². The Morgan fingerprint density at radius 2 is 2.04 bits per heavy atom. The number of benzene rings is 1. The first kappa shape index (κ1) is 20.3. The van der Waals surface area contributed by atoms with E-state index in [1.54, 1.807) is 4.68 Å². The Kier molecular flexibility index (Phi) is 6.33. The van der Waals surface area contributed by atoms with E-state index in [-0.39, 0.29) is 0 Å². The van der Waals surface area contributed by atoms with E-state index < -0.39 is 5.97 Å². The first-order chi connectivity index (χ1) is 13.4. The van der Waals surface area contributed by atoms with Crippen molar-refractivity contribution in [3.8, 4) is 0 Å². The number of carbonyl (C=O) groups is 1. The molecule has 2 heterocycles. The van der Waals surface area contributed by atoms with Crippen LogP contribution in [-0.2, 0) is 11.3 Å². The van der Waals surface area contributed by atoms with Crippen molar-refractivity contribution in [2.75, 3.05) is 17.7 Å². The summed E-state index contributed by atoms with van der Waals surface area (Å²) in [5.41, 5.74) is 2.36. The molecule has 0 unspecified atom stereocenters. The van der Waals surface area contributed by atoms with Crippen LogP contribution >= 0.6 is 35.2 Å². The molecule has 28 heavy (non-hydrogen) atoms. The molecule has 0 aliphatic heterocycles. The number of esters is 1. The van der Waals surface area contributed by atoms with Crippen LogP contribution in [-0.4, -0.2) is 28.0 Å². The van der Waals surface area contributed by atoms with Gasteiger partial charge in [0.05, 0.1) is 19.2 Å². The van der Waals surface area contributed by atoms with Gasteiger partial charge in [0.1, 0.15) is 5.00 Å². The van der Waals surface area contributed by atoms with Crippen LogP contribution < -0.4 is 10.6 Å². The molecule has 0 aliphatic rings. The summed E-state index contributed by atoms with van der Waals surface area (Å²) in [4.78, 5) is 13.1. The number of methoxy groups -OCH3 is 1. The molecule has 0 aliphatic carbocycles. The van der Waals surface area contributed by atoms with Crippen molar-refractivity contribution in [2.45, 2.75) is 20.4 Å². The van der Waals surface area contributed by atoms with Crippen molar-refractivity contribution in [1.29, 1.82) is 0 Å². The lowest BCUT2D eigenvalue weighted by molar-refractivity contribution is 0.0601. The molecule has 2 N–H and O–H groups in total. The Bertz CT molecular complexity index is 1030. The van der Waals surface area contributed by atoms with Crippen LogP contribution in [0.25, 0.3) is 0 Å². The van der Waals surface area contributed by atoms with E-state index in [9.17, 15) is 4.79 Å².